The zero-order valence-electron chi connectivity index (χ0n) is 12.6. The van der Waals surface area contributed by atoms with Crippen LogP contribution in [0.5, 0.6) is 0 Å². The maximum Gasteiger partial charge on any atom is 0.338 e. The number of hydrogen-bond acceptors (Lipinski definition) is 3. The molecule has 0 fully saturated rings. The Labute approximate surface area is 129 Å². The second-order valence-electron chi connectivity index (χ2n) is 5.18. The number of ether oxygens (including phenoxy) is 1. The zero-order valence-corrected chi connectivity index (χ0v) is 12.6. The van der Waals surface area contributed by atoms with E-state index in [0.29, 0.717) is 5.56 Å². The lowest BCUT2D eigenvalue weighted by Crippen LogP contribution is -2.04. The fourth-order valence-corrected chi connectivity index (χ4v) is 2.63. The first kappa shape index (κ1) is 14.4. The number of aromatic nitrogens is 1. The zero-order chi connectivity index (χ0) is 15.5. The van der Waals surface area contributed by atoms with Crippen LogP contribution in [0.25, 0.3) is 22.0 Å². The van der Waals surface area contributed by atoms with Crippen LogP contribution in [0.4, 0.5) is 0 Å². The number of carbonyl (C=O) groups is 1. The van der Waals surface area contributed by atoms with Gasteiger partial charge < -0.3 is 15.0 Å². The van der Waals surface area contributed by atoms with Gasteiger partial charge in [-0.15, -0.1) is 0 Å². The third-order valence-electron chi connectivity index (χ3n) is 3.74. The summed E-state index contributed by atoms with van der Waals surface area (Å²) in [6.45, 7) is 0.837. The number of H-pyrrole nitrogens is 1. The van der Waals surface area contributed by atoms with Gasteiger partial charge in [-0.3, -0.25) is 0 Å². The number of fused-ring (bicyclic) bond motifs is 1. The summed E-state index contributed by atoms with van der Waals surface area (Å²) in [6.07, 6.45) is 1.83. The predicted octanol–water partition coefficient (Wildman–Crippen LogP) is 3.34. The average molecular weight is 294 g/mol. The number of esters is 1. The van der Waals surface area contributed by atoms with E-state index in [1.807, 2.05) is 25.4 Å². The van der Waals surface area contributed by atoms with Crippen LogP contribution < -0.4 is 5.32 Å². The summed E-state index contributed by atoms with van der Waals surface area (Å²) in [7, 11) is 3.33. The first-order valence-electron chi connectivity index (χ1n) is 7.16. The minimum atomic E-state index is -0.321. The van der Waals surface area contributed by atoms with Gasteiger partial charge in [0.1, 0.15) is 0 Å². The highest BCUT2D eigenvalue weighted by Gasteiger charge is 2.13. The highest BCUT2D eigenvalue weighted by molar-refractivity contribution is 6.05. The lowest BCUT2D eigenvalue weighted by molar-refractivity contribution is 0.0603. The molecular formula is C18H18N2O2. The van der Waals surface area contributed by atoms with Gasteiger partial charge in [0, 0.05) is 23.6 Å². The summed E-state index contributed by atoms with van der Waals surface area (Å²) in [5.41, 5.74) is 4.79. The third-order valence-corrected chi connectivity index (χ3v) is 3.74. The standard InChI is InChI=1S/C18H18N2O2/c1-19-11-12-3-5-13(6-4-12)14-9-16(18(21)22-2)15-7-8-20-17(15)10-14/h3-10,19-20H,11H2,1-2H3. The molecule has 1 heterocycles. The van der Waals surface area contributed by atoms with Crippen LogP contribution in [0.1, 0.15) is 15.9 Å². The van der Waals surface area contributed by atoms with Crippen LogP contribution >= 0.6 is 0 Å². The van der Waals surface area contributed by atoms with Crippen molar-refractivity contribution in [3.05, 3.63) is 59.8 Å². The molecule has 0 atom stereocenters. The fraction of sp³-hybridized carbons (Fsp3) is 0.167. The maximum absolute atomic E-state index is 12.0. The van der Waals surface area contributed by atoms with Gasteiger partial charge in [-0.1, -0.05) is 24.3 Å². The third kappa shape index (κ3) is 2.61. The summed E-state index contributed by atoms with van der Waals surface area (Å²) in [4.78, 5) is 15.2. The van der Waals surface area contributed by atoms with Crippen LogP contribution in [0, 0.1) is 0 Å². The lowest BCUT2D eigenvalue weighted by atomic mass is 9.99. The monoisotopic (exact) mass is 294 g/mol. The van der Waals surface area contributed by atoms with E-state index in [4.69, 9.17) is 4.74 Å². The Morgan fingerprint density at radius 1 is 1.14 bits per heavy atom. The van der Waals surface area contributed by atoms with Crippen molar-refractivity contribution in [2.24, 2.45) is 0 Å². The first-order chi connectivity index (χ1) is 10.7. The molecule has 0 saturated carbocycles. The van der Waals surface area contributed by atoms with Gasteiger partial charge in [-0.2, -0.15) is 0 Å². The second kappa shape index (κ2) is 6.03. The molecule has 0 amide bonds. The molecule has 0 aliphatic carbocycles. The molecular weight excluding hydrogens is 276 g/mol. The van der Waals surface area contributed by atoms with Gasteiger partial charge in [0.15, 0.2) is 0 Å². The Hall–Kier alpha value is -2.59. The van der Waals surface area contributed by atoms with Crippen LogP contribution in [0.2, 0.25) is 0 Å². The van der Waals surface area contributed by atoms with E-state index >= 15 is 0 Å². The van der Waals surface area contributed by atoms with Gasteiger partial charge in [0.2, 0.25) is 0 Å². The molecule has 2 N–H and O–H groups in total. The van der Waals surface area contributed by atoms with Crippen molar-refractivity contribution >= 4 is 16.9 Å². The van der Waals surface area contributed by atoms with E-state index in [-0.39, 0.29) is 5.97 Å². The topological polar surface area (TPSA) is 54.1 Å². The first-order valence-corrected chi connectivity index (χ1v) is 7.16. The number of aromatic amines is 1. The molecule has 1 aromatic heterocycles. The van der Waals surface area contributed by atoms with E-state index in [0.717, 1.165) is 28.6 Å². The molecule has 112 valence electrons. The molecule has 0 spiro atoms. The van der Waals surface area contributed by atoms with Crippen molar-refractivity contribution in [1.29, 1.82) is 0 Å². The number of hydrogen-bond donors (Lipinski definition) is 2. The van der Waals surface area contributed by atoms with Crippen molar-refractivity contribution in [2.75, 3.05) is 14.2 Å². The number of carbonyl (C=O) groups excluding carboxylic acids is 1. The number of methoxy groups -OCH3 is 1. The number of nitrogens with one attached hydrogen (secondary N) is 2. The molecule has 0 bridgehead atoms. The Morgan fingerprint density at radius 2 is 1.91 bits per heavy atom. The Morgan fingerprint density at radius 3 is 2.59 bits per heavy atom. The molecule has 4 heteroatoms. The van der Waals surface area contributed by atoms with Gasteiger partial charge in [-0.25, -0.2) is 4.79 Å². The molecule has 3 aromatic rings. The highest BCUT2D eigenvalue weighted by Crippen LogP contribution is 2.28. The van der Waals surface area contributed by atoms with E-state index in [2.05, 4.69) is 40.6 Å². The Bertz CT molecular complexity index is 804. The smallest absolute Gasteiger partial charge is 0.338 e. The van der Waals surface area contributed by atoms with E-state index in [1.165, 1.54) is 12.7 Å². The van der Waals surface area contributed by atoms with Crippen LogP contribution in [0.3, 0.4) is 0 Å². The fourth-order valence-electron chi connectivity index (χ4n) is 2.63. The Balaban J connectivity index is 2.08. The Kier molecular flexibility index (Phi) is 3.94. The van der Waals surface area contributed by atoms with Crippen molar-refractivity contribution in [2.45, 2.75) is 6.54 Å². The van der Waals surface area contributed by atoms with Crippen molar-refractivity contribution in [1.82, 2.24) is 10.3 Å². The molecule has 3 rings (SSSR count). The van der Waals surface area contributed by atoms with Gasteiger partial charge in [0.05, 0.1) is 12.7 Å². The SMILES string of the molecule is CNCc1ccc(-c2cc(C(=O)OC)c3cc[nH]c3c2)cc1. The molecule has 0 radical (unpaired) electrons. The van der Waals surface area contributed by atoms with Crippen LogP contribution in [0.15, 0.2) is 48.7 Å². The van der Waals surface area contributed by atoms with Crippen LogP contribution in [-0.2, 0) is 11.3 Å². The summed E-state index contributed by atoms with van der Waals surface area (Å²) in [5, 5.41) is 4.01. The predicted molar refractivity (Wildman–Crippen MR) is 87.8 cm³/mol. The quantitative estimate of drug-likeness (QED) is 0.726. The normalized spacial score (nSPS) is 10.8. The number of rotatable bonds is 4. The summed E-state index contributed by atoms with van der Waals surface area (Å²) < 4.78 is 4.89. The van der Waals surface area contributed by atoms with E-state index in [9.17, 15) is 4.79 Å². The maximum atomic E-state index is 12.0. The van der Waals surface area contributed by atoms with E-state index < -0.39 is 0 Å². The largest absolute Gasteiger partial charge is 0.465 e. The molecule has 0 saturated heterocycles. The van der Waals surface area contributed by atoms with Gasteiger partial charge in [0.25, 0.3) is 0 Å². The van der Waals surface area contributed by atoms with Crippen molar-refractivity contribution in [3.63, 3.8) is 0 Å². The minimum absolute atomic E-state index is 0.321. The highest BCUT2D eigenvalue weighted by atomic mass is 16.5. The molecule has 0 aliphatic rings. The molecule has 4 nitrogen and oxygen atoms in total. The summed E-state index contributed by atoms with van der Waals surface area (Å²) in [6, 6.07) is 14.1. The van der Waals surface area contributed by atoms with E-state index in [1.54, 1.807) is 0 Å². The summed E-state index contributed by atoms with van der Waals surface area (Å²) >= 11 is 0. The van der Waals surface area contributed by atoms with Crippen molar-refractivity contribution < 1.29 is 9.53 Å². The molecule has 0 unspecified atom stereocenters. The number of benzene rings is 2. The minimum Gasteiger partial charge on any atom is -0.465 e. The molecule has 0 aliphatic heterocycles. The van der Waals surface area contributed by atoms with Crippen LogP contribution in [-0.4, -0.2) is 25.1 Å². The van der Waals surface area contributed by atoms with Gasteiger partial charge in [-0.05, 0) is 41.9 Å². The second-order valence-corrected chi connectivity index (χ2v) is 5.18. The molecule has 2 aromatic carbocycles. The molecule has 22 heavy (non-hydrogen) atoms. The average Bonchev–Trinajstić information content (AvgIpc) is 3.02. The summed E-state index contributed by atoms with van der Waals surface area (Å²) in [5.74, 6) is -0.321. The van der Waals surface area contributed by atoms with Gasteiger partial charge >= 0.3 is 5.97 Å². The lowest BCUT2D eigenvalue weighted by Gasteiger charge is -2.08. The van der Waals surface area contributed by atoms with Crippen molar-refractivity contribution in [3.8, 4) is 11.1 Å².